The van der Waals surface area contributed by atoms with Crippen LogP contribution in [0.1, 0.15) is 113 Å². The third kappa shape index (κ3) is 8.35. The van der Waals surface area contributed by atoms with Gasteiger partial charge in [-0.3, -0.25) is 9.59 Å². The van der Waals surface area contributed by atoms with Crippen molar-refractivity contribution < 1.29 is 19.4 Å². The van der Waals surface area contributed by atoms with Gasteiger partial charge in [-0.1, -0.05) is 53.2 Å². The Morgan fingerprint density at radius 1 is 1.05 bits per heavy atom. The van der Waals surface area contributed by atoms with Gasteiger partial charge in [0.15, 0.2) is 0 Å². The van der Waals surface area contributed by atoms with E-state index in [0.717, 1.165) is 61.2 Å². The van der Waals surface area contributed by atoms with E-state index < -0.39 is 0 Å². The topological polar surface area (TPSA) is 101 Å². The molecule has 1 aromatic carbocycles. The number of carbonyl (C=O) groups excluding carboxylic acids is 2. The van der Waals surface area contributed by atoms with E-state index in [1.807, 2.05) is 58.2 Å². The zero-order valence-corrected chi connectivity index (χ0v) is 24.4. The third-order valence-electron chi connectivity index (χ3n) is 7.67. The largest absolute Gasteiger partial charge is 0.469 e. The highest BCUT2D eigenvalue weighted by atomic mass is 16.5. The van der Waals surface area contributed by atoms with Gasteiger partial charge in [-0.05, 0) is 74.1 Å². The van der Waals surface area contributed by atoms with Crippen LogP contribution >= 0.6 is 0 Å². The van der Waals surface area contributed by atoms with E-state index in [0.29, 0.717) is 24.9 Å². The highest BCUT2D eigenvalue weighted by Gasteiger charge is 2.34. The highest BCUT2D eigenvalue weighted by molar-refractivity contribution is 5.94. The normalized spacial score (nSPS) is 12.7. The fourth-order valence-corrected chi connectivity index (χ4v) is 4.71. The number of rotatable bonds is 14. The number of hydrogen-bond donors (Lipinski definition) is 2. The van der Waals surface area contributed by atoms with E-state index in [9.17, 15) is 14.7 Å². The minimum Gasteiger partial charge on any atom is -0.469 e. The van der Waals surface area contributed by atoms with E-state index in [2.05, 4.69) is 23.9 Å². The molecule has 0 saturated carbocycles. The van der Waals surface area contributed by atoms with Crippen LogP contribution in [0.25, 0.3) is 0 Å². The fourth-order valence-electron chi connectivity index (χ4n) is 4.71. The quantitative estimate of drug-likeness (QED) is 0.243. The molecule has 210 valence electrons. The Morgan fingerprint density at radius 2 is 1.71 bits per heavy atom. The Bertz CT molecular complexity index is 1040. The van der Waals surface area contributed by atoms with E-state index in [4.69, 9.17) is 9.97 Å². The minimum atomic E-state index is -0.380. The third-order valence-corrected chi connectivity index (χ3v) is 7.67. The maximum absolute atomic E-state index is 12.6. The summed E-state index contributed by atoms with van der Waals surface area (Å²) in [5.41, 5.74) is 3.23. The van der Waals surface area contributed by atoms with Crippen LogP contribution in [0.5, 0.6) is 0 Å². The average Bonchev–Trinajstić information content (AvgIpc) is 2.90. The van der Waals surface area contributed by atoms with E-state index >= 15 is 0 Å². The molecular formula is C31H47N3O4. The van der Waals surface area contributed by atoms with Crippen LogP contribution < -0.4 is 5.32 Å². The van der Waals surface area contributed by atoms with Crippen molar-refractivity contribution in [3.63, 3.8) is 0 Å². The van der Waals surface area contributed by atoms with Crippen LogP contribution in [0.2, 0.25) is 0 Å². The maximum Gasteiger partial charge on any atom is 0.305 e. The number of ether oxygens (including phenoxy) is 1. The van der Waals surface area contributed by atoms with Crippen molar-refractivity contribution in [3.8, 4) is 0 Å². The van der Waals surface area contributed by atoms with Gasteiger partial charge in [0.2, 0.25) is 0 Å². The predicted octanol–water partition coefficient (Wildman–Crippen LogP) is 5.69. The molecule has 0 fully saturated rings. The van der Waals surface area contributed by atoms with Crippen molar-refractivity contribution in [3.05, 3.63) is 58.7 Å². The molecule has 1 unspecified atom stereocenters. The molecule has 1 amide bonds. The number of esters is 1. The summed E-state index contributed by atoms with van der Waals surface area (Å²) in [6.07, 6.45) is 7.47. The fraction of sp³-hybridized carbons (Fsp3) is 0.613. The molecule has 0 aliphatic rings. The number of nitrogens with one attached hydrogen (secondary N) is 1. The molecule has 2 rings (SSSR count). The lowest BCUT2D eigenvalue weighted by molar-refractivity contribution is -0.140. The molecule has 2 aromatic rings. The number of hydrogen-bond acceptors (Lipinski definition) is 6. The molecule has 7 heteroatoms. The highest BCUT2D eigenvalue weighted by Crippen LogP contribution is 2.37. The second-order valence-corrected chi connectivity index (χ2v) is 11.2. The van der Waals surface area contributed by atoms with Gasteiger partial charge in [-0.15, -0.1) is 0 Å². The number of unbranched alkanes of at least 4 members (excludes halogenated alkanes) is 2. The van der Waals surface area contributed by atoms with Gasteiger partial charge in [0.05, 0.1) is 18.6 Å². The summed E-state index contributed by atoms with van der Waals surface area (Å²) in [6, 6.07) is 7.78. The Kier molecular flexibility index (Phi) is 11.9. The first-order valence-electron chi connectivity index (χ1n) is 13.9. The van der Waals surface area contributed by atoms with Gasteiger partial charge < -0.3 is 15.2 Å². The molecule has 1 heterocycles. The second-order valence-electron chi connectivity index (χ2n) is 11.2. The molecular weight excluding hydrogens is 478 g/mol. The van der Waals surface area contributed by atoms with Crippen molar-refractivity contribution in [1.29, 1.82) is 0 Å². The lowest BCUT2D eigenvalue weighted by Crippen LogP contribution is -2.30. The summed E-state index contributed by atoms with van der Waals surface area (Å²) >= 11 is 0. The number of amides is 1. The van der Waals surface area contributed by atoms with Crippen molar-refractivity contribution in [2.45, 2.75) is 104 Å². The summed E-state index contributed by atoms with van der Waals surface area (Å²) in [4.78, 5) is 33.5. The zero-order valence-electron chi connectivity index (χ0n) is 24.4. The Labute approximate surface area is 228 Å². The standard InChI is InChI=1S/C31H47N3O4/c1-8-31(9-2,29-33-21-24(22(3)34-29)16-19-26(35)30(4,5)6)25-17-14-23(15-18-25)28(37)32-20-12-10-11-13-27(36)38-7/h14-15,17-18,21,26,35H,8-13,16,19-20H2,1-7H3,(H,32,37). The molecule has 0 aliphatic carbocycles. The average molecular weight is 526 g/mol. The maximum atomic E-state index is 12.6. The molecule has 1 aromatic heterocycles. The van der Waals surface area contributed by atoms with Crippen molar-refractivity contribution in [1.82, 2.24) is 15.3 Å². The SMILES string of the molecule is CCC(CC)(c1ccc(C(=O)NCCCCCC(=O)OC)cc1)c1ncc(CCC(O)C(C)(C)C)c(C)n1. The predicted molar refractivity (Wildman–Crippen MR) is 151 cm³/mol. The summed E-state index contributed by atoms with van der Waals surface area (Å²) in [6.45, 7) is 13.0. The molecule has 0 aliphatic heterocycles. The van der Waals surface area contributed by atoms with Gasteiger partial charge in [0.1, 0.15) is 5.82 Å². The summed E-state index contributed by atoms with van der Waals surface area (Å²) in [5.74, 6) is 0.498. The van der Waals surface area contributed by atoms with Gasteiger partial charge in [0, 0.05) is 30.4 Å². The lowest BCUT2D eigenvalue weighted by atomic mass is 9.74. The van der Waals surface area contributed by atoms with Crippen LogP contribution in [0.4, 0.5) is 0 Å². The van der Waals surface area contributed by atoms with Gasteiger partial charge in [-0.2, -0.15) is 0 Å². The molecule has 0 radical (unpaired) electrons. The summed E-state index contributed by atoms with van der Waals surface area (Å²) < 4.78 is 4.64. The minimum absolute atomic E-state index is 0.1000. The van der Waals surface area contributed by atoms with Crippen molar-refractivity contribution in [2.75, 3.05) is 13.7 Å². The molecule has 7 nitrogen and oxygen atoms in total. The number of aliphatic hydroxyl groups is 1. The Hall–Kier alpha value is -2.80. The molecule has 1 atom stereocenters. The van der Waals surface area contributed by atoms with Gasteiger partial charge in [0.25, 0.3) is 5.91 Å². The molecule has 0 spiro atoms. The van der Waals surface area contributed by atoms with Crippen LogP contribution in [-0.4, -0.2) is 46.7 Å². The van der Waals surface area contributed by atoms with Crippen LogP contribution in [-0.2, 0) is 21.4 Å². The van der Waals surface area contributed by atoms with E-state index in [1.54, 1.807) is 0 Å². The Balaban J connectivity index is 2.07. The molecule has 0 bridgehead atoms. The van der Waals surface area contributed by atoms with Crippen molar-refractivity contribution >= 4 is 11.9 Å². The zero-order chi connectivity index (χ0) is 28.3. The monoisotopic (exact) mass is 525 g/mol. The number of aryl methyl sites for hydroxylation is 2. The first kappa shape index (κ1) is 31.4. The van der Waals surface area contributed by atoms with E-state index in [1.165, 1.54) is 7.11 Å². The van der Waals surface area contributed by atoms with Crippen LogP contribution in [0.15, 0.2) is 30.5 Å². The molecule has 38 heavy (non-hydrogen) atoms. The number of carbonyl (C=O) groups is 2. The summed E-state index contributed by atoms with van der Waals surface area (Å²) in [7, 11) is 1.39. The van der Waals surface area contributed by atoms with Crippen LogP contribution in [0, 0.1) is 12.3 Å². The van der Waals surface area contributed by atoms with Crippen molar-refractivity contribution in [2.24, 2.45) is 5.41 Å². The lowest BCUT2D eigenvalue weighted by Gasteiger charge is -2.31. The Morgan fingerprint density at radius 3 is 2.26 bits per heavy atom. The first-order chi connectivity index (χ1) is 18.0. The number of nitrogens with zero attached hydrogens (tertiary/aromatic N) is 2. The summed E-state index contributed by atoms with van der Waals surface area (Å²) in [5, 5.41) is 13.4. The molecule has 0 saturated heterocycles. The van der Waals surface area contributed by atoms with Gasteiger partial charge in [-0.25, -0.2) is 9.97 Å². The number of aliphatic hydroxyl groups excluding tert-OH is 1. The van der Waals surface area contributed by atoms with Gasteiger partial charge >= 0.3 is 5.97 Å². The smallest absolute Gasteiger partial charge is 0.305 e. The second kappa shape index (κ2) is 14.4. The number of aromatic nitrogens is 2. The first-order valence-corrected chi connectivity index (χ1v) is 13.9. The number of benzene rings is 1. The van der Waals surface area contributed by atoms with Crippen LogP contribution in [0.3, 0.4) is 0 Å². The number of methoxy groups -OCH3 is 1. The van der Waals surface area contributed by atoms with E-state index in [-0.39, 0.29) is 28.8 Å². The molecule has 2 N–H and O–H groups in total.